The molecule has 0 radical (unpaired) electrons. The Kier molecular flexibility index (Phi) is 19.8. The van der Waals surface area contributed by atoms with Crippen LogP contribution >= 0.6 is 15.9 Å². The molecule has 3 aliphatic heterocycles. The molecule has 330 valence electrons. The first-order valence-corrected chi connectivity index (χ1v) is 21.2. The van der Waals surface area contributed by atoms with Gasteiger partial charge < -0.3 is 39.4 Å². The van der Waals surface area contributed by atoms with E-state index in [0.717, 1.165) is 44.2 Å². The van der Waals surface area contributed by atoms with Crippen LogP contribution in [0.3, 0.4) is 0 Å². The Morgan fingerprint density at radius 1 is 1.00 bits per heavy atom. The molecule has 15 atom stereocenters. The molecular weight excluding hydrogens is 859 g/mol. The number of hydrogen-bond donors (Lipinski definition) is 0. The van der Waals surface area contributed by atoms with Gasteiger partial charge in [-0.3, -0.25) is 25.0 Å². The van der Waals surface area contributed by atoms with Gasteiger partial charge in [-0.1, -0.05) is 77.7 Å². The molecule has 1 aromatic carbocycles. The largest absolute Gasteiger partial charge is 1.00 e. The zero-order chi connectivity index (χ0) is 42.6. The van der Waals surface area contributed by atoms with Gasteiger partial charge in [-0.25, -0.2) is 4.79 Å². The number of ether oxygens (including phenoxy) is 5. The predicted octanol–water partition coefficient (Wildman–Crippen LogP) is 2.70. The summed E-state index contributed by atoms with van der Waals surface area (Å²) < 4.78 is 29.1. The van der Waals surface area contributed by atoms with Gasteiger partial charge in [0.15, 0.2) is 4.47 Å². The number of benzene rings is 1. The van der Waals surface area contributed by atoms with Crippen molar-refractivity contribution in [2.75, 3.05) is 20.3 Å². The first kappa shape index (κ1) is 52.0. The maximum atomic E-state index is 13.8. The van der Waals surface area contributed by atoms with Crippen molar-refractivity contribution in [1.29, 1.82) is 0 Å². The molecule has 3 saturated heterocycles. The minimum absolute atomic E-state index is 0. The summed E-state index contributed by atoms with van der Waals surface area (Å²) in [4.78, 5) is 47.9. The second-order valence-electron chi connectivity index (χ2n) is 17.0. The maximum absolute atomic E-state index is 13.8. The number of nitro groups is 2. The quantitative estimate of drug-likeness (QED) is 0.0808. The number of carbonyl (C=O) groups is 2. The molecule has 1 aliphatic carbocycles. The normalized spacial score (nSPS) is 32.9. The van der Waals surface area contributed by atoms with Crippen LogP contribution in [0.2, 0.25) is 0 Å². The number of carbonyl (C=O) groups excluding carboxylic acids is 2. The van der Waals surface area contributed by atoms with Gasteiger partial charge in [0.05, 0.1) is 52.5 Å². The van der Waals surface area contributed by atoms with E-state index in [2.05, 4.69) is 48.9 Å². The summed E-state index contributed by atoms with van der Waals surface area (Å²) in [5.41, 5.74) is -1.03. The molecule has 0 spiro atoms. The second-order valence-corrected chi connectivity index (χ2v) is 17.8. The molecule has 1 N–H and O–H groups in total. The third-order valence-corrected chi connectivity index (χ3v) is 13.8. The Hall–Kier alpha value is -2.32. The number of methoxy groups -OCH3 is 1. The number of nitrogens with zero attached hydrogens (tertiary/aromatic N) is 2. The molecule has 18 heteroatoms. The molecule has 0 amide bonds. The van der Waals surface area contributed by atoms with E-state index in [1.165, 1.54) is 0 Å². The third-order valence-electron chi connectivity index (χ3n) is 13.0. The van der Waals surface area contributed by atoms with Crippen LogP contribution in [-0.4, -0.2) is 90.3 Å². The van der Waals surface area contributed by atoms with Gasteiger partial charge in [-0.2, -0.15) is 0 Å². The summed E-state index contributed by atoms with van der Waals surface area (Å²) in [5, 5.41) is 50.0. The first-order valence-electron chi connectivity index (χ1n) is 20.4. The fraction of sp³-hybridized carbons (Fsp3) is 0.714. The molecular formula is C42H58BrN2NaO14-2. The van der Waals surface area contributed by atoms with E-state index < -0.39 is 63.3 Å². The molecule has 1 saturated carbocycles. The van der Waals surface area contributed by atoms with E-state index in [0.29, 0.717) is 17.9 Å². The smallest absolute Gasteiger partial charge is 0.870 e. The molecule has 0 bridgehead atoms. The van der Waals surface area contributed by atoms with Crippen molar-refractivity contribution >= 4 is 39.2 Å². The number of allylic oxidation sites excluding steroid dienone is 1. The van der Waals surface area contributed by atoms with E-state index in [4.69, 9.17) is 23.7 Å². The van der Waals surface area contributed by atoms with Crippen LogP contribution in [0.1, 0.15) is 90.4 Å². The van der Waals surface area contributed by atoms with Gasteiger partial charge in [0.25, 0.3) is 11.4 Å². The van der Waals surface area contributed by atoms with Crippen LogP contribution in [0.25, 0.3) is 0 Å². The van der Waals surface area contributed by atoms with Crippen LogP contribution in [0.4, 0.5) is 11.4 Å². The van der Waals surface area contributed by atoms with Crippen molar-refractivity contribution < 1.29 is 88.4 Å². The molecule has 4 fully saturated rings. The van der Waals surface area contributed by atoms with Gasteiger partial charge in [-0.05, 0) is 83.7 Å². The summed E-state index contributed by atoms with van der Waals surface area (Å²) in [7, 11) is 1.68. The summed E-state index contributed by atoms with van der Waals surface area (Å²) in [6.45, 7) is 11.6. The summed E-state index contributed by atoms with van der Waals surface area (Å²) >= 11 is 2.92. The average Bonchev–Trinajstić information content (AvgIpc) is 3.75. The van der Waals surface area contributed by atoms with Crippen LogP contribution in [0, 0.1) is 67.6 Å². The van der Waals surface area contributed by atoms with E-state index in [1.807, 2.05) is 19.9 Å². The van der Waals surface area contributed by atoms with E-state index in [1.54, 1.807) is 14.0 Å². The van der Waals surface area contributed by atoms with Crippen LogP contribution in [0.15, 0.2) is 40.4 Å². The summed E-state index contributed by atoms with van der Waals surface area (Å²) in [6.07, 6.45) is 7.37. The van der Waals surface area contributed by atoms with Crippen molar-refractivity contribution in [2.24, 2.45) is 47.3 Å². The van der Waals surface area contributed by atoms with Crippen LogP contribution < -0.4 is 39.8 Å². The van der Waals surface area contributed by atoms with Gasteiger partial charge in [0.2, 0.25) is 0 Å². The number of hydrogen-bond acceptors (Lipinski definition) is 14. The third kappa shape index (κ3) is 12.0. The minimum atomic E-state index is -1.47. The molecule has 0 aromatic heterocycles. The van der Waals surface area contributed by atoms with Crippen LogP contribution in [-0.2, 0) is 28.5 Å². The number of halogens is 1. The van der Waals surface area contributed by atoms with Gasteiger partial charge in [0, 0.05) is 31.1 Å². The van der Waals surface area contributed by atoms with E-state index in [-0.39, 0.29) is 112 Å². The Labute approximate surface area is 382 Å². The monoisotopic (exact) mass is 916 g/mol. The molecule has 3 heterocycles. The number of cyclic esters (lactones) is 1. The first-order chi connectivity index (χ1) is 27.4. The molecule has 60 heavy (non-hydrogen) atoms. The van der Waals surface area contributed by atoms with Gasteiger partial charge in [-0.15, -0.1) is 6.10 Å². The summed E-state index contributed by atoms with van der Waals surface area (Å²) in [5.74, 6) is -3.52. The van der Waals surface area contributed by atoms with Crippen molar-refractivity contribution in [2.45, 2.75) is 123 Å². The summed E-state index contributed by atoms with van der Waals surface area (Å²) in [6, 6.07) is 1.87. The minimum Gasteiger partial charge on any atom is -0.870 e. The topological polar surface area (TPSA) is 243 Å². The standard InChI is InChI=1S/C42H57BrN2O13.Na.H2O/c1-21-9-8-10-27(35(21)25(5)38(47)36-33(46)20-56-42(36)49)16-29(19-55-41(48)28-17-31(44(50)51)37(43)32(18-28)45(52)53)40-23(3)12-14-30(57-40)13-11-22(2)39-24(4)15-34(58-39)26(6)54-7;;/h11,13,16-18,21-27,30,33-36,38-40H,8-10,12,14-15,19-20H2,1-7H3;;1H2/q-2;+1;/p-1. The molecule has 16 nitrogen and oxygen atoms in total. The second kappa shape index (κ2) is 22.9. The Bertz CT molecular complexity index is 1700. The number of nitro benzene ring substituents is 2. The number of rotatable bonds is 15. The van der Waals surface area contributed by atoms with E-state index in [9.17, 15) is 40.0 Å². The van der Waals surface area contributed by atoms with Crippen molar-refractivity contribution in [3.05, 3.63) is 66.2 Å². The SMILES string of the molecule is COC(C)C1CC(C)C(C(C)C=CC2CCC(C)C(C(=CC3CCCC(C)C3C(C)C([O-])C3C(=O)OCC3[O-])COC(=O)c3cc([N+](=O)[O-])c(Br)c([N+](=O)[O-])c3)O2)O1.[Na+].[OH-]. The van der Waals surface area contributed by atoms with Gasteiger partial charge >= 0.3 is 41.5 Å². The predicted molar refractivity (Wildman–Crippen MR) is 213 cm³/mol. The Balaban J connectivity index is 0.00000480. The maximum Gasteiger partial charge on any atom is 1.00 e. The average molecular weight is 918 g/mol. The zero-order valence-electron chi connectivity index (χ0n) is 35.7. The van der Waals surface area contributed by atoms with E-state index >= 15 is 0 Å². The fourth-order valence-corrected chi connectivity index (χ4v) is 10.2. The molecule has 4 aliphatic rings. The van der Waals surface area contributed by atoms with Crippen LogP contribution in [0.5, 0.6) is 0 Å². The Morgan fingerprint density at radius 2 is 1.65 bits per heavy atom. The Morgan fingerprint density at radius 3 is 2.23 bits per heavy atom. The number of esters is 2. The molecule has 5 rings (SSSR count). The molecule has 15 unspecified atom stereocenters. The zero-order valence-corrected chi connectivity index (χ0v) is 39.3. The van der Waals surface area contributed by atoms with Gasteiger partial charge in [0.1, 0.15) is 6.61 Å². The fourth-order valence-electron chi connectivity index (χ4n) is 9.66. The molecule has 1 aromatic rings. The van der Waals surface area contributed by atoms with Crippen molar-refractivity contribution in [3.63, 3.8) is 0 Å². The van der Waals surface area contributed by atoms with Crippen molar-refractivity contribution in [1.82, 2.24) is 0 Å². The van der Waals surface area contributed by atoms with Crippen molar-refractivity contribution in [3.8, 4) is 0 Å².